The maximum Gasteiger partial charge on any atom is 0.264 e. The van der Waals surface area contributed by atoms with Crippen LogP contribution in [-0.4, -0.2) is 29.9 Å². The van der Waals surface area contributed by atoms with Crippen molar-refractivity contribution in [1.82, 2.24) is 4.90 Å². The molecule has 0 spiro atoms. The predicted octanol–water partition coefficient (Wildman–Crippen LogP) is 2.61. The van der Waals surface area contributed by atoms with E-state index in [2.05, 4.69) is 6.07 Å². The van der Waals surface area contributed by atoms with Crippen molar-refractivity contribution in [2.45, 2.75) is 44.6 Å². The number of halogens is 1. The Kier molecular flexibility index (Phi) is 4.87. The molecule has 1 aliphatic heterocycles. The number of thiophene rings is 1. The molecule has 0 radical (unpaired) electrons. The fraction of sp³-hybridized carbons (Fsp3) is 0.643. The van der Waals surface area contributed by atoms with Crippen LogP contribution in [0.1, 0.15) is 45.8 Å². The molecule has 0 aromatic carbocycles. The zero-order valence-electron chi connectivity index (χ0n) is 11.1. The number of aryl methyl sites for hydroxylation is 2. The number of carbonyl (C=O) groups excluding carboxylic acids is 1. The van der Waals surface area contributed by atoms with Crippen LogP contribution in [0.15, 0.2) is 6.07 Å². The van der Waals surface area contributed by atoms with E-state index in [9.17, 15) is 4.79 Å². The maximum atomic E-state index is 12.5. The third kappa shape index (κ3) is 2.81. The van der Waals surface area contributed by atoms with Crippen molar-refractivity contribution in [1.29, 1.82) is 0 Å². The van der Waals surface area contributed by atoms with Gasteiger partial charge >= 0.3 is 0 Å². The number of rotatable bonds is 2. The van der Waals surface area contributed by atoms with Crippen LogP contribution in [-0.2, 0) is 12.8 Å². The van der Waals surface area contributed by atoms with Gasteiger partial charge in [0.15, 0.2) is 0 Å². The van der Waals surface area contributed by atoms with Crippen LogP contribution in [0.25, 0.3) is 0 Å². The van der Waals surface area contributed by atoms with Gasteiger partial charge in [0.25, 0.3) is 5.91 Å². The van der Waals surface area contributed by atoms with Gasteiger partial charge in [-0.3, -0.25) is 4.79 Å². The molecular formula is C14H21ClN2OS. The molecule has 0 bridgehead atoms. The van der Waals surface area contributed by atoms with Crippen LogP contribution >= 0.6 is 23.7 Å². The molecule has 5 heteroatoms. The third-order valence-electron chi connectivity index (χ3n) is 4.12. The first-order chi connectivity index (χ1) is 8.79. The highest BCUT2D eigenvalue weighted by Gasteiger charge is 2.29. The quantitative estimate of drug-likeness (QED) is 0.912. The average Bonchev–Trinajstić information content (AvgIpc) is 3.03. The summed E-state index contributed by atoms with van der Waals surface area (Å²) in [6.07, 6.45) is 7.02. The number of fused-ring (bicyclic) bond motifs is 1. The summed E-state index contributed by atoms with van der Waals surface area (Å²) < 4.78 is 0. The summed E-state index contributed by atoms with van der Waals surface area (Å²) in [6.45, 7) is 1.47. The Morgan fingerprint density at radius 3 is 2.89 bits per heavy atom. The second kappa shape index (κ2) is 6.25. The maximum absolute atomic E-state index is 12.5. The van der Waals surface area contributed by atoms with Crippen molar-refractivity contribution >= 4 is 29.7 Å². The van der Waals surface area contributed by atoms with Gasteiger partial charge in [-0.1, -0.05) is 0 Å². The normalized spacial score (nSPS) is 21.9. The standard InChI is InChI=1S/C14H20N2OS.ClH/c15-9-11-5-3-7-16(11)14(17)13-8-10-4-1-2-6-12(10)18-13;/h8,11H,1-7,9,15H2;1H. The molecule has 1 fully saturated rings. The molecule has 1 aromatic heterocycles. The lowest BCUT2D eigenvalue weighted by Crippen LogP contribution is -2.39. The first-order valence-electron chi connectivity index (χ1n) is 6.92. The van der Waals surface area contributed by atoms with Gasteiger partial charge in [0.1, 0.15) is 0 Å². The van der Waals surface area contributed by atoms with Crippen LogP contribution in [0.4, 0.5) is 0 Å². The van der Waals surface area contributed by atoms with Crippen LogP contribution in [0, 0.1) is 0 Å². The summed E-state index contributed by atoms with van der Waals surface area (Å²) in [5.41, 5.74) is 7.16. The Morgan fingerprint density at radius 1 is 1.37 bits per heavy atom. The lowest BCUT2D eigenvalue weighted by molar-refractivity contribution is 0.0746. The van der Waals surface area contributed by atoms with E-state index >= 15 is 0 Å². The Balaban J connectivity index is 0.00000133. The van der Waals surface area contributed by atoms with Gasteiger partial charge in [0, 0.05) is 24.0 Å². The van der Waals surface area contributed by atoms with Crippen molar-refractivity contribution in [3.05, 3.63) is 21.4 Å². The second-order valence-corrected chi connectivity index (χ2v) is 6.43. The first-order valence-corrected chi connectivity index (χ1v) is 7.74. The molecule has 1 unspecified atom stereocenters. The monoisotopic (exact) mass is 300 g/mol. The van der Waals surface area contributed by atoms with Crippen molar-refractivity contribution in [3.63, 3.8) is 0 Å². The predicted molar refractivity (Wildman–Crippen MR) is 81.3 cm³/mol. The minimum atomic E-state index is 0. The number of nitrogens with zero attached hydrogens (tertiary/aromatic N) is 1. The number of hydrogen-bond acceptors (Lipinski definition) is 3. The lowest BCUT2D eigenvalue weighted by atomic mass is 9.99. The molecule has 1 amide bonds. The number of amides is 1. The highest BCUT2D eigenvalue weighted by molar-refractivity contribution is 7.14. The number of hydrogen-bond donors (Lipinski definition) is 1. The number of carbonyl (C=O) groups is 1. The SMILES string of the molecule is Cl.NCC1CCCN1C(=O)c1cc2c(s1)CCCC2. The highest BCUT2D eigenvalue weighted by atomic mass is 35.5. The zero-order valence-corrected chi connectivity index (χ0v) is 12.7. The summed E-state index contributed by atoms with van der Waals surface area (Å²) in [4.78, 5) is 16.9. The zero-order chi connectivity index (χ0) is 12.5. The topological polar surface area (TPSA) is 46.3 Å². The van der Waals surface area contributed by atoms with Crippen LogP contribution in [0.3, 0.4) is 0 Å². The summed E-state index contributed by atoms with van der Waals surface area (Å²) >= 11 is 1.71. The summed E-state index contributed by atoms with van der Waals surface area (Å²) in [7, 11) is 0. The van der Waals surface area contributed by atoms with Gasteiger partial charge in [0.2, 0.25) is 0 Å². The van der Waals surface area contributed by atoms with E-state index in [0.29, 0.717) is 6.54 Å². The molecule has 1 aliphatic carbocycles. The fourth-order valence-electron chi connectivity index (χ4n) is 3.09. The summed E-state index contributed by atoms with van der Waals surface area (Å²) in [5.74, 6) is 0.211. The fourth-order valence-corrected chi connectivity index (χ4v) is 4.30. The van der Waals surface area contributed by atoms with E-state index in [1.54, 1.807) is 11.3 Å². The van der Waals surface area contributed by atoms with Gasteiger partial charge in [-0.05, 0) is 50.2 Å². The van der Waals surface area contributed by atoms with Gasteiger partial charge in [-0.15, -0.1) is 23.7 Å². The second-order valence-electron chi connectivity index (χ2n) is 5.30. The lowest BCUT2D eigenvalue weighted by Gasteiger charge is -2.22. The van der Waals surface area contributed by atoms with Gasteiger partial charge in [-0.25, -0.2) is 0 Å². The Morgan fingerprint density at radius 2 is 2.16 bits per heavy atom. The Bertz CT molecular complexity index is 437. The summed E-state index contributed by atoms with van der Waals surface area (Å²) in [5, 5.41) is 0. The molecule has 106 valence electrons. The minimum Gasteiger partial charge on any atom is -0.334 e. The minimum absolute atomic E-state index is 0. The van der Waals surface area contributed by atoms with Crippen molar-refractivity contribution in [3.8, 4) is 0 Å². The third-order valence-corrected chi connectivity index (χ3v) is 5.34. The molecule has 1 aromatic rings. The van der Waals surface area contributed by atoms with Gasteiger partial charge in [0.05, 0.1) is 4.88 Å². The van der Waals surface area contributed by atoms with E-state index in [4.69, 9.17) is 5.73 Å². The van der Waals surface area contributed by atoms with Crippen molar-refractivity contribution in [2.24, 2.45) is 5.73 Å². The molecule has 3 rings (SSSR count). The highest BCUT2D eigenvalue weighted by Crippen LogP contribution is 2.31. The van der Waals surface area contributed by atoms with Gasteiger partial charge in [-0.2, -0.15) is 0 Å². The van der Waals surface area contributed by atoms with Crippen molar-refractivity contribution in [2.75, 3.05) is 13.1 Å². The molecule has 3 nitrogen and oxygen atoms in total. The molecule has 1 atom stereocenters. The molecule has 2 aliphatic rings. The largest absolute Gasteiger partial charge is 0.334 e. The van der Waals surface area contributed by atoms with E-state index < -0.39 is 0 Å². The van der Waals surface area contributed by atoms with Gasteiger partial charge < -0.3 is 10.6 Å². The number of likely N-dealkylation sites (tertiary alicyclic amines) is 1. The summed E-state index contributed by atoms with van der Waals surface area (Å²) in [6, 6.07) is 2.39. The average molecular weight is 301 g/mol. The van der Waals surface area contributed by atoms with E-state index in [-0.39, 0.29) is 24.4 Å². The molecular weight excluding hydrogens is 280 g/mol. The number of nitrogens with two attached hydrogens (primary N) is 1. The van der Waals surface area contributed by atoms with Crippen molar-refractivity contribution < 1.29 is 4.79 Å². The molecule has 2 heterocycles. The molecule has 2 N–H and O–H groups in total. The van der Waals surface area contributed by atoms with E-state index in [1.807, 2.05) is 4.90 Å². The molecule has 19 heavy (non-hydrogen) atoms. The smallest absolute Gasteiger partial charge is 0.264 e. The van der Waals surface area contributed by atoms with E-state index in [1.165, 1.54) is 23.3 Å². The first kappa shape index (κ1) is 14.8. The van der Waals surface area contributed by atoms with Crippen LogP contribution in [0.5, 0.6) is 0 Å². The van der Waals surface area contributed by atoms with Crippen LogP contribution in [0.2, 0.25) is 0 Å². The Labute approximate surface area is 124 Å². The van der Waals surface area contributed by atoms with E-state index in [0.717, 1.165) is 37.1 Å². The van der Waals surface area contributed by atoms with Crippen LogP contribution < -0.4 is 5.73 Å². The molecule has 1 saturated heterocycles. The molecule has 0 saturated carbocycles. The Hall–Kier alpha value is -0.580.